The van der Waals surface area contributed by atoms with Gasteiger partial charge in [0.1, 0.15) is 0 Å². The molecule has 0 aliphatic heterocycles. The Bertz CT molecular complexity index is 399. The number of anilines is 2. The standard InChI is InChI=1S/C12H17F3N2O/c1-3-5-17(4-2)10-7-11(18-12(14)15)8(13)6-9(10)16/h6-7,12H,3-5,16H2,1-2H3. The molecule has 0 unspecified atom stereocenters. The number of halogens is 3. The van der Waals surface area contributed by atoms with Gasteiger partial charge in [-0.15, -0.1) is 0 Å². The number of nitrogens with zero attached hydrogens (tertiary/aromatic N) is 1. The summed E-state index contributed by atoms with van der Waals surface area (Å²) in [6.45, 7) is 2.20. The Morgan fingerprint density at radius 2 is 2.00 bits per heavy atom. The van der Waals surface area contributed by atoms with Crippen molar-refractivity contribution in [2.75, 3.05) is 23.7 Å². The van der Waals surface area contributed by atoms with Gasteiger partial charge in [-0.1, -0.05) is 6.92 Å². The van der Waals surface area contributed by atoms with Gasteiger partial charge in [-0.2, -0.15) is 8.78 Å². The molecular formula is C12H17F3N2O. The first-order valence-electron chi connectivity index (χ1n) is 5.78. The van der Waals surface area contributed by atoms with Crippen molar-refractivity contribution in [3.8, 4) is 5.75 Å². The van der Waals surface area contributed by atoms with Crippen molar-refractivity contribution in [3.05, 3.63) is 17.9 Å². The van der Waals surface area contributed by atoms with Crippen molar-refractivity contribution >= 4 is 11.4 Å². The topological polar surface area (TPSA) is 38.5 Å². The Morgan fingerprint density at radius 1 is 1.33 bits per heavy atom. The smallest absolute Gasteiger partial charge is 0.387 e. The second-order valence-corrected chi connectivity index (χ2v) is 3.80. The van der Waals surface area contributed by atoms with Crippen LogP contribution in [0.15, 0.2) is 12.1 Å². The van der Waals surface area contributed by atoms with Gasteiger partial charge in [0.15, 0.2) is 11.6 Å². The Labute approximate surface area is 104 Å². The second-order valence-electron chi connectivity index (χ2n) is 3.80. The lowest BCUT2D eigenvalue weighted by Gasteiger charge is -2.24. The highest BCUT2D eigenvalue weighted by Crippen LogP contribution is 2.32. The maximum Gasteiger partial charge on any atom is 0.387 e. The van der Waals surface area contributed by atoms with Crippen LogP contribution < -0.4 is 15.4 Å². The lowest BCUT2D eigenvalue weighted by atomic mass is 10.2. The molecule has 0 heterocycles. The van der Waals surface area contributed by atoms with Gasteiger partial charge in [-0.05, 0) is 13.3 Å². The number of rotatable bonds is 6. The van der Waals surface area contributed by atoms with Crippen LogP contribution >= 0.6 is 0 Å². The zero-order valence-corrected chi connectivity index (χ0v) is 10.4. The molecule has 0 amide bonds. The number of hydrogen-bond donors (Lipinski definition) is 1. The molecule has 0 radical (unpaired) electrons. The summed E-state index contributed by atoms with van der Waals surface area (Å²) < 4.78 is 41.8. The second kappa shape index (κ2) is 6.37. The van der Waals surface area contributed by atoms with Gasteiger partial charge in [0, 0.05) is 25.2 Å². The first-order chi connectivity index (χ1) is 8.49. The first kappa shape index (κ1) is 14.5. The Balaban J connectivity index is 3.10. The van der Waals surface area contributed by atoms with E-state index in [2.05, 4.69) is 4.74 Å². The minimum Gasteiger partial charge on any atom is -0.432 e. The maximum absolute atomic E-state index is 13.4. The van der Waals surface area contributed by atoms with Crippen molar-refractivity contribution in [3.63, 3.8) is 0 Å². The van der Waals surface area contributed by atoms with Crippen molar-refractivity contribution in [1.82, 2.24) is 0 Å². The van der Waals surface area contributed by atoms with E-state index >= 15 is 0 Å². The zero-order chi connectivity index (χ0) is 13.7. The van der Waals surface area contributed by atoms with Gasteiger partial charge >= 0.3 is 6.61 Å². The van der Waals surface area contributed by atoms with E-state index in [0.717, 1.165) is 12.5 Å². The molecule has 102 valence electrons. The van der Waals surface area contributed by atoms with Crippen molar-refractivity contribution < 1.29 is 17.9 Å². The molecule has 0 saturated heterocycles. The van der Waals surface area contributed by atoms with Crippen LogP contribution in [0.1, 0.15) is 20.3 Å². The maximum atomic E-state index is 13.4. The number of alkyl halides is 2. The number of nitrogens with two attached hydrogens (primary N) is 1. The number of hydrogen-bond acceptors (Lipinski definition) is 3. The zero-order valence-electron chi connectivity index (χ0n) is 10.4. The third kappa shape index (κ3) is 3.45. The summed E-state index contributed by atoms with van der Waals surface area (Å²) in [5, 5.41) is 0. The van der Waals surface area contributed by atoms with Crippen LogP contribution in [0.4, 0.5) is 24.5 Å². The molecule has 0 fully saturated rings. The van der Waals surface area contributed by atoms with Gasteiger partial charge in [0.2, 0.25) is 0 Å². The monoisotopic (exact) mass is 262 g/mol. The number of benzene rings is 1. The molecular weight excluding hydrogens is 245 g/mol. The minimum absolute atomic E-state index is 0.212. The summed E-state index contributed by atoms with van der Waals surface area (Å²) in [5.74, 6) is -1.37. The Kier molecular flexibility index (Phi) is 5.12. The molecule has 0 bridgehead atoms. The van der Waals surface area contributed by atoms with Crippen molar-refractivity contribution in [1.29, 1.82) is 0 Å². The minimum atomic E-state index is -3.06. The van der Waals surface area contributed by atoms with Gasteiger partial charge in [0.05, 0.1) is 11.4 Å². The largest absolute Gasteiger partial charge is 0.432 e. The van der Waals surface area contributed by atoms with E-state index in [-0.39, 0.29) is 5.69 Å². The fourth-order valence-corrected chi connectivity index (χ4v) is 1.74. The van der Waals surface area contributed by atoms with E-state index in [0.29, 0.717) is 18.8 Å². The van der Waals surface area contributed by atoms with Crippen LogP contribution in [-0.2, 0) is 0 Å². The van der Waals surface area contributed by atoms with E-state index in [1.807, 2.05) is 18.7 Å². The third-order valence-corrected chi connectivity index (χ3v) is 2.51. The van der Waals surface area contributed by atoms with Gasteiger partial charge in [-0.25, -0.2) is 4.39 Å². The van der Waals surface area contributed by atoms with Gasteiger partial charge in [-0.3, -0.25) is 0 Å². The third-order valence-electron chi connectivity index (χ3n) is 2.51. The lowest BCUT2D eigenvalue weighted by molar-refractivity contribution is -0.0521. The average Bonchev–Trinajstić information content (AvgIpc) is 2.29. The van der Waals surface area contributed by atoms with E-state index < -0.39 is 18.2 Å². The summed E-state index contributed by atoms with van der Waals surface area (Å²) in [7, 11) is 0. The summed E-state index contributed by atoms with van der Waals surface area (Å²) in [4.78, 5) is 1.88. The highest BCUT2D eigenvalue weighted by molar-refractivity contribution is 5.70. The highest BCUT2D eigenvalue weighted by Gasteiger charge is 2.16. The summed E-state index contributed by atoms with van der Waals surface area (Å²) in [5.41, 5.74) is 6.43. The average molecular weight is 262 g/mol. The predicted octanol–water partition coefficient (Wildman–Crippen LogP) is 3.25. The molecule has 2 N–H and O–H groups in total. The first-order valence-corrected chi connectivity index (χ1v) is 5.78. The number of ether oxygens (including phenoxy) is 1. The van der Waals surface area contributed by atoms with E-state index in [4.69, 9.17) is 5.73 Å². The molecule has 3 nitrogen and oxygen atoms in total. The summed E-state index contributed by atoms with van der Waals surface area (Å²) in [6, 6.07) is 2.22. The lowest BCUT2D eigenvalue weighted by Crippen LogP contribution is -2.24. The van der Waals surface area contributed by atoms with Crippen molar-refractivity contribution in [2.24, 2.45) is 0 Å². The molecule has 0 saturated carbocycles. The summed E-state index contributed by atoms with van der Waals surface area (Å²) in [6.07, 6.45) is 0.871. The molecule has 18 heavy (non-hydrogen) atoms. The van der Waals surface area contributed by atoms with Gasteiger partial charge < -0.3 is 15.4 Å². The van der Waals surface area contributed by atoms with Crippen LogP contribution in [0.2, 0.25) is 0 Å². The SMILES string of the molecule is CCCN(CC)c1cc(OC(F)F)c(F)cc1N. The fraction of sp³-hybridized carbons (Fsp3) is 0.500. The van der Waals surface area contributed by atoms with Crippen LogP contribution in [-0.4, -0.2) is 19.7 Å². The summed E-state index contributed by atoms with van der Waals surface area (Å²) >= 11 is 0. The molecule has 0 aliphatic rings. The molecule has 0 aromatic heterocycles. The normalized spacial score (nSPS) is 10.8. The fourth-order valence-electron chi connectivity index (χ4n) is 1.74. The van der Waals surface area contributed by atoms with Gasteiger partial charge in [0.25, 0.3) is 0 Å². The van der Waals surface area contributed by atoms with E-state index in [9.17, 15) is 13.2 Å². The molecule has 0 aliphatic carbocycles. The van der Waals surface area contributed by atoms with Crippen molar-refractivity contribution in [2.45, 2.75) is 26.9 Å². The molecule has 0 spiro atoms. The Hall–Kier alpha value is -1.59. The van der Waals surface area contributed by atoms with Crippen LogP contribution in [0.25, 0.3) is 0 Å². The molecule has 0 atom stereocenters. The molecule has 1 aromatic carbocycles. The highest BCUT2D eigenvalue weighted by atomic mass is 19.3. The van der Waals surface area contributed by atoms with Crippen LogP contribution in [0.5, 0.6) is 5.75 Å². The van der Waals surface area contributed by atoms with E-state index in [1.54, 1.807) is 0 Å². The number of nitrogen functional groups attached to an aromatic ring is 1. The predicted molar refractivity (Wildman–Crippen MR) is 65.6 cm³/mol. The quantitative estimate of drug-likeness (QED) is 0.800. The van der Waals surface area contributed by atoms with E-state index in [1.165, 1.54) is 6.07 Å². The molecule has 1 aromatic rings. The Morgan fingerprint density at radius 3 is 2.50 bits per heavy atom. The molecule has 1 rings (SSSR count). The van der Waals surface area contributed by atoms with Crippen LogP contribution in [0, 0.1) is 5.82 Å². The van der Waals surface area contributed by atoms with Crippen LogP contribution in [0.3, 0.4) is 0 Å². The molecule has 6 heteroatoms.